The van der Waals surface area contributed by atoms with Gasteiger partial charge in [0.15, 0.2) is 0 Å². The first-order valence-electron chi connectivity index (χ1n) is 6.75. The monoisotopic (exact) mass is 298 g/mol. The molecule has 1 aliphatic heterocycles. The highest BCUT2D eigenvalue weighted by Gasteiger charge is 2.28. The van der Waals surface area contributed by atoms with E-state index < -0.39 is 0 Å². The highest BCUT2D eigenvalue weighted by atomic mass is 35.5. The summed E-state index contributed by atoms with van der Waals surface area (Å²) in [6.45, 7) is 3.70. The van der Waals surface area contributed by atoms with Gasteiger partial charge in [-0.2, -0.15) is 0 Å². The molecule has 1 amide bonds. The van der Waals surface area contributed by atoms with Gasteiger partial charge in [-0.1, -0.05) is 19.1 Å². The number of benzene rings is 1. The average Bonchev–Trinajstić information content (AvgIpc) is 2.42. The number of nitrogen functional groups attached to an aromatic ring is 1. The van der Waals surface area contributed by atoms with Gasteiger partial charge in [0.25, 0.3) is 0 Å². The van der Waals surface area contributed by atoms with Crippen LogP contribution in [0.1, 0.15) is 18.9 Å². The number of nitrogens with two attached hydrogens (primary N) is 1. The zero-order valence-corrected chi connectivity index (χ0v) is 12.9. The summed E-state index contributed by atoms with van der Waals surface area (Å²) >= 11 is 0. The molecule has 20 heavy (non-hydrogen) atoms. The number of methoxy groups -OCH3 is 1. The number of ether oxygens (including phenoxy) is 1. The summed E-state index contributed by atoms with van der Waals surface area (Å²) in [6, 6.07) is 7.49. The Bertz CT molecular complexity index is 436. The molecule has 1 fully saturated rings. The van der Waals surface area contributed by atoms with Crippen molar-refractivity contribution in [2.45, 2.75) is 25.9 Å². The largest absolute Gasteiger partial charge is 0.399 e. The first-order valence-corrected chi connectivity index (χ1v) is 6.75. The van der Waals surface area contributed by atoms with Gasteiger partial charge in [0, 0.05) is 25.9 Å². The molecule has 0 radical (unpaired) electrons. The third kappa shape index (κ3) is 4.12. The van der Waals surface area contributed by atoms with Crippen molar-refractivity contribution in [2.24, 2.45) is 5.92 Å². The number of piperidine rings is 1. The van der Waals surface area contributed by atoms with Crippen LogP contribution in [0, 0.1) is 5.92 Å². The van der Waals surface area contributed by atoms with E-state index in [0.717, 1.165) is 24.2 Å². The van der Waals surface area contributed by atoms with E-state index in [1.807, 2.05) is 29.2 Å². The van der Waals surface area contributed by atoms with E-state index in [-0.39, 0.29) is 24.4 Å². The van der Waals surface area contributed by atoms with Crippen LogP contribution in [0.3, 0.4) is 0 Å². The molecule has 0 bridgehead atoms. The number of carbonyl (C=O) groups excluding carboxylic acids is 1. The van der Waals surface area contributed by atoms with E-state index in [9.17, 15) is 4.79 Å². The molecule has 112 valence electrons. The van der Waals surface area contributed by atoms with Crippen molar-refractivity contribution in [3.05, 3.63) is 29.8 Å². The molecule has 1 heterocycles. The van der Waals surface area contributed by atoms with Gasteiger partial charge in [-0.15, -0.1) is 12.4 Å². The summed E-state index contributed by atoms with van der Waals surface area (Å²) in [5.74, 6) is 0.685. The Labute approximate surface area is 126 Å². The molecule has 5 heteroatoms. The van der Waals surface area contributed by atoms with Gasteiger partial charge < -0.3 is 15.4 Å². The maximum atomic E-state index is 12.3. The van der Waals surface area contributed by atoms with E-state index in [1.54, 1.807) is 7.11 Å². The average molecular weight is 299 g/mol. The molecule has 1 aromatic carbocycles. The maximum Gasteiger partial charge on any atom is 0.227 e. The molecule has 0 aliphatic carbocycles. The van der Waals surface area contributed by atoms with Crippen LogP contribution in [0.25, 0.3) is 0 Å². The Morgan fingerprint density at radius 1 is 1.40 bits per heavy atom. The Kier molecular flexibility index (Phi) is 6.30. The lowest BCUT2D eigenvalue weighted by Gasteiger charge is -2.36. The van der Waals surface area contributed by atoms with Crippen LogP contribution in [0.4, 0.5) is 5.69 Å². The number of carbonyl (C=O) groups is 1. The summed E-state index contributed by atoms with van der Waals surface area (Å²) in [5.41, 5.74) is 7.37. The molecule has 4 nitrogen and oxygen atoms in total. The third-order valence-electron chi connectivity index (χ3n) is 3.88. The zero-order valence-electron chi connectivity index (χ0n) is 12.0. The van der Waals surface area contributed by atoms with Gasteiger partial charge in [-0.25, -0.2) is 0 Å². The number of nitrogens with zero attached hydrogens (tertiary/aromatic N) is 1. The molecule has 2 rings (SSSR count). The molecular formula is C15H23ClN2O2. The molecular weight excluding hydrogens is 276 g/mol. The lowest BCUT2D eigenvalue weighted by molar-refractivity contribution is -0.135. The molecule has 1 aromatic rings. The van der Waals surface area contributed by atoms with Crippen LogP contribution in [0.2, 0.25) is 0 Å². The summed E-state index contributed by atoms with van der Waals surface area (Å²) in [6.07, 6.45) is 1.60. The van der Waals surface area contributed by atoms with E-state index in [4.69, 9.17) is 10.5 Å². The second-order valence-corrected chi connectivity index (χ2v) is 5.30. The Balaban J connectivity index is 0.00000200. The smallest absolute Gasteiger partial charge is 0.227 e. The van der Waals surface area contributed by atoms with Crippen molar-refractivity contribution in [3.63, 3.8) is 0 Å². The minimum Gasteiger partial charge on any atom is -0.399 e. The number of halogens is 1. The molecule has 1 aliphatic rings. The van der Waals surface area contributed by atoms with Crippen LogP contribution in [-0.4, -0.2) is 37.1 Å². The third-order valence-corrected chi connectivity index (χ3v) is 3.88. The van der Waals surface area contributed by atoms with Crippen LogP contribution in [0.15, 0.2) is 24.3 Å². The summed E-state index contributed by atoms with van der Waals surface area (Å²) < 4.78 is 5.44. The number of hydrogen-bond donors (Lipinski definition) is 1. The van der Waals surface area contributed by atoms with Gasteiger partial charge >= 0.3 is 0 Å². The summed E-state index contributed by atoms with van der Waals surface area (Å²) in [5, 5.41) is 0. The van der Waals surface area contributed by atoms with Crippen molar-refractivity contribution < 1.29 is 9.53 Å². The fraction of sp³-hybridized carbons (Fsp3) is 0.533. The lowest BCUT2D eigenvalue weighted by Crippen LogP contribution is -2.47. The fourth-order valence-corrected chi connectivity index (χ4v) is 2.49. The van der Waals surface area contributed by atoms with Gasteiger partial charge in [0.2, 0.25) is 5.91 Å². The van der Waals surface area contributed by atoms with Crippen LogP contribution in [0.5, 0.6) is 0 Å². The Morgan fingerprint density at radius 2 is 2.05 bits per heavy atom. The SMILES string of the molecule is COC1CN(C(=O)Cc2ccc(N)cc2)CCC1C.Cl. The molecule has 0 aromatic heterocycles. The highest BCUT2D eigenvalue weighted by molar-refractivity contribution is 5.85. The van der Waals surface area contributed by atoms with Gasteiger partial charge in [-0.05, 0) is 30.0 Å². The lowest BCUT2D eigenvalue weighted by atomic mass is 9.95. The number of likely N-dealkylation sites (tertiary alicyclic amines) is 1. The van der Waals surface area contributed by atoms with Crippen molar-refractivity contribution in [3.8, 4) is 0 Å². The molecule has 2 N–H and O–H groups in total. The van der Waals surface area contributed by atoms with E-state index >= 15 is 0 Å². The Morgan fingerprint density at radius 3 is 2.65 bits per heavy atom. The second kappa shape index (κ2) is 7.50. The van der Waals surface area contributed by atoms with Crippen LogP contribution >= 0.6 is 12.4 Å². The standard InChI is InChI=1S/C15H22N2O2.ClH/c1-11-7-8-17(10-14(11)19-2)15(18)9-12-3-5-13(16)6-4-12;/h3-6,11,14H,7-10,16H2,1-2H3;1H. The van der Waals surface area contributed by atoms with Crippen LogP contribution in [-0.2, 0) is 16.0 Å². The van der Waals surface area contributed by atoms with Gasteiger partial charge in [-0.3, -0.25) is 4.79 Å². The number of amides is 1. The van der Waals surface area contributed by atoms with E-state index in [0.29, 0.717) is 18.9 Å². The fourth-order valence-electron chi connectivity index (χ4n) is 2.49. The summed E-state index contributed by atoms with van der Waals surface area (Å²) in [4.78, 5) is 14.2. The molecule has 0 spiro atoms. The van der Waals surface area contributed by atoms with E-state index in [1.165, 1.54) is 0 Å². The van der Waals surface area contributed by atoms with E-state index in [2.05, 4.69) is 6.92 Å². The highest BCUT2D eigenvalue weighted by Crippen LogP contribution is 2.20. The number of rotatable bonds is 3. The van der Waals surface area contributed by atoms with Crippen molar-refractivity contribution in [2.75, 3.05) is 25.9 Å². The predicted octanol–water partition coefficient (Wildman–Crippen LogP) is 2.12. The number of hydrogen-bond acceptors (Lipinski definition) is 3. The predicted molar refractivity (Wildman–Crippen MR) is 83.0 cm³/mol. The first-order chi connectivity index (χ1) is 9.10. The minimum absolute atomic E-state index is 0. The normalized spacial score (nSPS) is 22.2. The Hall–Kier alpha value is -1.26. The zero-order chi connectivity index (χ0) is 13.8. The second-order valence-electron chi connectivity index (χ2n) is 5.30. The molecule has 1 saturated heterocycles. The molecule has 0 saturated carbocycles. The topological polar surface area (TPSA) is 55.6 Å². The summed E-state index contributed by atoms with van der Waals surface area (Å²) in [7, 11) is 1.72. The minimum atomic E-state index is 0. The van der Waals surface area contributed by atoms with Crippen molar-refractivity contribution in [1.29, 1.82) is 0 Å². The number of anilines is 1. The van der Waals surface area contributed by atoms with Crippen LogP contribution < -0.4 is 5.73 Å². The van der Waals surface area contributed by atoms with Crippen molar-refractivity contribution in [1.82, 2.24) is 4.90 Å². The first kappa shape index (κ1) is 16.8. The molecule has 2 unspecified atom stereocenters. The maximum absolute atomic E-state index is 12.3. The quantitative estimate of drug-likeness (QED) is 0.870. The van der Waals surface area contributed by atoms with Crippen molar-refractivity contribution >= 4 is 24.0 Å². The van der Waals surface area contributed by atoms with Gasteiger partial charge in [0.05, 0.1) is 12.5 Å². The van der Waals surface area contributed by atoms with Gasteiger partial charge in [0.1, 0.15) is 0 Å². The molecule has 2 atom stereocenters.